The summed E-state index contributed by atoms with van der Waals surface area (Å²) in [7, 11) is 0. The second-order valence-electron chi connectivity index (χ2n) is 5.53. The number of hydrogen-bond acceptors (Lipinski definition) is 3. The van der Waals surface area contributed by atoms with E-state index in [1.807, 2.05) is 11.8 Å². The normalized spacial score (nSPS) is 17.1. The highest BCUT2D eigenvalue weighted by atomic mass is 19.1. The van der Waals surface area contributed by atoms with Gasteiger partial charge in [-0.1, -0.05) is 0 Å². The first kappa shape index (κ1) is 13.9. The molecule has 3 rings (SSSR count). The molecule has 2 aromatic rings. The predicted octanol–water partition coefficient (Wildman–Crippen LogP) is 2.33. The lowest BCUT2D eigenvalue weighted by molar-refractivity contribution is -0.135. The standard InChI is InChI=1S/C15H19FN4O/c1-10(14(21)19-7-3-2-4-8-19)20-13-6-5-11(16)9-12(13)18-15(20)17/h5-6,9-10H,2-4,7-8H2,1H3,(H2,17,18). The Hall–Kier alpha value is -2.11. The monoisotopic (exact) mass is 290 g/mol. The lowest BCUT2D eigenvalue weighted by Gasteiger charge is -2.30. The Balaban J connectivity index is 1.95. The third-order valence-corrected chi connectivity index (χ3v) is 4.09. The van der Waals surface area contributed by atoms with Gasteiger partial charge in [0, 0.05) is 19.2 Å². The van der Waals surface area contributed by atoms with Gasteiger partial charge in [0.15, 0.2) is 0 Å². The number of nitrogen functional groups attached to an aromatic ring is 1. The van der Waals surface area contributed by atoms with Crippen molar-refractivity contribution in [1.82, 2.24) is 14.5 Å². The van der Waals surface area contributed by atoms with Crippen molar-refractivity contribution in [2.75, 3.05) is 18.8 Å². The minimum Gasteiger partial charge on any atom is -0.369 e. The number of fused-ring (bicyclic) bond motifs is 1. The van der Waals surface area contributed by atoms with Gasteiger partial charge in [-0.2, -0.15) is 0 Å². The van der Waals surface area contributed by atoms with Crippen molar-refractivity contribution in [3.8, 4) is 0 Å². The minimum atomic E-state index is -0.432. The van der Waals surface area contributed by atoms with Crippen LogP contribution in [0.15, 0.2) is 18.2 Å². The summed E-state index contributed by atoms with van der Waals surface area (Å²) in [5.74, 6) is -0.0688. The Morgan fingerprint density at radius 1 is 1.33 bits per heavy atom. The maximum atomic E-state index is 13.3. The van der Waals surface area contributed by atoms with Gasteiger partial charge < -0.3 is 10.6 Å². The maximum Gasteiger partial charge on any atom is 0.245 e. The summed E-state index contributed by atoms with van der Waals surface area (Å²) >= 11 is 0. The van der Waals surface area contributed by atoms with Crippen LogP contribution in [-0.4, -0.2) is 33.4 Å². The number of halogens is 1. The molecule has 1 aliphatic rings. The molecule has 1 atom stereocenters. The number of nitrogens with two attached hydrogens (primary N) is 1. The topological polar surface area (TPSA) is 64.2 Å². The summed E-state index contributed by atoms with van der Waals surface area (Å²) in [4.78, 5) is 18.6. The molecule has 1 aromatic carbocycles. The lowest BCUT2D eigenvalue weighted by atomic mass is 10.1. The number of hydrogen-bond donors (Lipinski definition) is 1. The Bertz CT molecular complexity index is 676. The van der Waals surface area contributed by atoms with E-state index in [2.05, 4.69) is 4.98 Å². The highest BCUT2D eigenvalue weighted by Gasteiger charge is 2.26. The van der Waals surface area contributed by atoms with Crippen LogP contribution in [0.1, 0.15) is 32.2 Å². The highest BCUT2D eigenvalue weighted by Crippen LogP contribution is 2.25. The van der Waals surface area contributed by atoms with E-state index >= 15 is 0 Å². The minimum absolute atomic E-state index is 0.0463. The number of anilines is 1. The molecule has 6 heteroatoms. The summed E-state index contributed by atoms with van der Waals surface area (Å²) in [6, 6.07) is 3.88. The van der Waals surface area contributed by atoms with Crippen molar-refractivity contribution in [2.24, 2.45) is 0 Å². The van der Waals surface area contributed by atoms with E-state index in [9.17, 15) is 9.18 Å². The number of benzene rings is 1. The van der Waals surface area contributed by atoms with Crippen molar-refractivity contribution in [3.63, 3.8) is 0 Å². The van der Waals surface area contributed by atoms with E-state index in [0.717, 1.165) is 25.9 Å². The fraction of sp³-hybridized carbons (Fsp3) is 0.467. The zero-order valence-electron chi connectivity index (χ0n) is 12.1. The maximum absolute atomic E-state index is 13.3. The van der Waals surface area contributed by atoms with Crippen molar-refractivity contribution in [1.29, 1.82) is 0 Å². The number of carbonyl (C=O) groups is 1. The molecule has 1 unspecified atom stereocenters. The van der Waals surface area contributed by atoms with Crippen LogP contribution in [0.5, 0.6) is 0 Å². The SMILES string of the molecule is CC(C(=O)N1CCCCC1)n1c(N)nc2cc(F)ccc21. The van der Waals surface area contributed by atoms with Gasteiger partial charge in [0.1, 0.15) is 11.9 Å². The Morgan fingerprint density at radius 3 is 2.76 bits per heavy atom. The number of aromatic nitrogens is 2. The second kappa shape index (κ2) is 5.35. The van der Waals surface area contributed by atoms with Crippen LogP contribution in [-0.2, 0) is 4.79 Å². The van der Waals surface area contributed by atoms with Gasteiger partial charge in [-0.25, -0.2) is 9.37 Å². The Morgan fingerprint density at radius 2 is 2.05 bits per heavy atom. The molecule has 1 amide bonds. The third kappa shape index (κ3) is 2.46. The number of carbonyl (C=O) groups excluding carboxylic acids is 1. The number of piperidine rings is 1. The number of nitrogens with zero attached hydrogens (tertiary/aromatic N) is 3. The largest absolute Gasteiger partial charge is 0.369 e. The van der Waals surface area contributed by atoms with Gasteiger partial charge in [0.25, 0.3) is 0 Å². The fourth-order valence-electron chi connectivity index (χ4n) is 2.99. The zero-order valence-corrected chi connectivity index (χ0v) is 12.1. The van der Waals surface area contributed by atoms with Gasteiger partial charge >= 0.3 is 0 Å². The molecule has 0 aliphatic carbocycles. The Labute approximate surface area is 122 Å². The molecule has 0 radical (unpaired) electrons. The Kier molecular flexibility index (Phi) is 3.53. The van der Waals surface area contributed by atoms with Crippen LogP contribution >= 0.6 is 0 Å². The molecule has 1 fully saturated rings. The fourth-order valence-corrected chi connectivity index (χ4v) is 2.99. The van der Waals surface area contributed by atoms with E-state index in [1.54, 1.807) is 10.6 Å². The van der Waals surface area contributed by atoms with Crippen LogP contribution in [0, 0.1) is 5.82 Å². The van der Waals surface area contributed by atoms with Gasteiger partial charge in [-0.05, 0) is 38.3 Å². The van der Waals surface area contributed by atoms with E-state index < -0.39 is 6.04 Å². The summed E-state index contributed by atoms with van der Waals surface area (Å²) in [5.41, 5.74) is 7.09. The molecule has 0 spiro atoms. The molecular weight excluding hydrogens is 271 g/mol. The first-order valence-corrected chi connectivity index (χ1v) is 7.29. The number of rotatable bonds is 2. The van der Waals surface area contributed by atoms with Crippen LogP contribution in [0.4, 0.5) is 10.3 Å². The van der Waals surface area contributed by atoms with Crippen molar-refractivity contribution in [2.45, 2.75) is 32.2 Å². The predicted molar refractivity (Wildman–Crippen MR) is 79.2 cm³/mol. The molecule has 112 valence electrons. The third-order valence-electron chi connectivity index (χ3n) is 4.09. The molecule has 5 nitrogen and oxygen atoms in total. The molecule has 2 heterocycles. The molecule has 1 saturated heterocycles. The van der Waals surface area contributed by atoms with E-state index in [-0.39, 0.29) is 17.7 Å². The van der Waals surface area contributed by atoms with Crippen LogP contribution in [0.3, 0.4) is 0 Å². The first-order chi connectivity index (χ1) is 10.1. The average molecular weight is 290 g/mol. The summed E-state index contributed by atoms with van der Waals surface area (Å²) < 4.78 is 14.9. The lowest BCUT2D eigenvalue weighted by Crippen LogP contribution is -2.39. The van der Waals surface area contributed by atoms with Gasteiger partial charge in [-0.15, -0.1) is 0 Å². The van der Waals surface area contributed by atoms with Gasteiger partial charge in [0.05, 0.1) is 11.0 Å². The number of amides is 1. The van der Waals surface area contributed by atoms with Crippen LogP contribution < -0.4 is 5.73 Å². The average Bonchev–Trinajstić information content (AvgIpc) is 2.81. The number of imidazole rings is 1. The van der Waals surface area contributed by atoms with Crippen molar-refractivity contribution < 1.29 is 9.18 Å². The quantitative estimate of drug-likeness (QED) is 0.923. The molecule has 0 saturated carbocycles. The number of likely N-dealkylation sites (tertiary alicyclic amines) is 1. The second-order valence-corrected chi connectivity index (χ2v) is 5.53. The van der Waals surface area contributed by atoms with E-state index in [1.165, 1.54) is 18.6 Å². The summed E-state index contributed by atoms with van der Waals surface area (Å²) in [5, 5.41) is 0. The zero-order chi connectivity index (χ0) is 15.0. The van der Waals surface area contributed by atoms with Crippen molar-refractivity contribution in [3.05, 3.63) is 24.0 Å². The van der Waals surface area contributed by atoms with E-state index in [0.29, 0.717) is 11.0 Å². The molecular formula is C15H19FN4O. The van der Waals surface area contributed by atoms with Gasteiger partial charge in [0.2, 0.25) is 11.9 Å². The first-order valence-electron chi connectivity index (χ1n) is 7.29. The van der Waals surface area contributed by atoms with E-state index in [4.69, 9.17) is 5.73 Å². The molecule has 0 bridgehead atoms. The van der Waals surface area contributed by atoms with Crippen LogP contribution in [0.25, 0.3) is 11.0 Å². The molecule has 1 aromatic heterocycles. The molecule has 21 heavy (non-hydrogen) atoms. The van der Waals surface area contributed by atoms with Gasteiger partial charge in [-0.3, -0.25) is 9.36 Å². The molecule has 2 N–H and O–H groups in total. The van der Waals surface area contributed by atoms with Crippen molar-refractivity contribution >= 4 is 22.9 Å². The highest BCUT2D eigenvalue weighted by molar-refractivity contribution is 5.85. The van der Waals surface area contributed by atoms with Crippen LogP contribution in [0.2, 0.25) is 0 Å². The summed E-state index contributed by atoms with van der Waals surface area (Å²) in [6.45, 7) is 3.41. The summed E-state index contributed by atoms with van der Waals surface area (Å²) in [6.07, 6.45) is 3.27. The smallest absolute Gasteiger partial charge is 0.245 e. The molecule has 1 aliphatic heterocycles.